The normalized spacial score (nSPS) is 21.0. The molecule has 0 bridgehead atoms. The number of rotatable bonds is 2. The Morgan fingerprint density at radius 3 is 2.93 bits per heavy atom. The van der Waals surface area contributed by atoms with Crippen LogP contribution in [0.4, 0.5) is 0 Å². The first-order chi connectivity index (χ1) is 7.24. The van der Waals surface area contributed by atoms with Gasteiger partial charge in [-0.3, -0.25) is 9.59 Å². The number of hydrogen-bond donors (Lipinski definition) is 0. The number of amides is 1. The lowest BCUT2D eigenvalue weighted by Gasteiger charge is -2.29. The van der Waals surface area contributed by atoms with Gasteiger partial charge in [0.05, 0.1) is 6.54 Å². The Kier molecular flexibility index (Phi) is 2.71. The van der Waals surface area contributed by atoms with E-state index >= 15 is 0 Å². The van der Waals surface area contributed by atoms with Crippen molar-refractivity contribution in [3.63, 3.8) is 0 Å². The van der Waals surface area contributed by atoms with Crippen molar-refractivity contribution in [2.24, 2.45) is 0 Å². The Morgan fingerprint density at radius 1 is 1.40 bits per heavy atom. The highest BCUT2D eigenvalue weighted by Gasteiger charge is 2.31. The molecule has 0 spiro atoms. The minimum absolute atomic E-state index is 0.0300. The van der Waals surface area contributed by atoms with E-state index in [2.05, 4.69) is 0 Å². The zero-order valence-electron chi connectivity index (χ0n) is 8.95. The molecule has 0 aromatic rings. The average Bonchev–Trinajstić information content (AvgIpc) is 2.26. The first-order valence-electron chi connectivity index (χ1n) is 5.46. The van der Waals surface area contributed by atoms with E-state index in [4.69, 9.17) is 0 Å². The molecule has 0 aromatic carbocycles. The molecule has 0 saturated carbocycles. The average molecular weight is 205 g/mol. The van der Waals surface area contributed by atoms with E-state index in [1.54, 1.807) is 11.0 Å². The summed E-state index contributed by atoms with van der Waals surface area (Å²) in [6, 6.07) is 0. The summed E-state index contributed by atoms with van der Waals surface area (Å²) in [5.74, 6) is 0.157. The lowest BCUT2D eigenvalue weighted by Crippen LogP contribution is -2.42. The van der Waals surface area contributed by atoms with Crippen LogP contribution in [0.3, 0.4) is 0 Å². The first kappa shape index (κ1) is 10.1. The fourth-order valence-electron chi connectivity index (χ4n) is 2.12. The summed E-state index contributed by atoms with van der Waals surface area (Å²) in [7, 11) is 0. The Labute approximate surface area is 89.4 Å². The first-order valence-corrected chi connectivity index (χ1v) is 5.46. The minimum Gasteiger partial charge on any atom is -0.331 e. The summed E-state index contributed by atoms with van der Waals surface area (Å²) < 4.78 is 0. The zero-order valence-corrected chi connectivity index (χ0v) is 8.95. The molecule has 2 aliphatic rings. The molecular formula is C12H15NO2. The summed E-state index contributed by atoms with van der Waals surface area (Å²) in [5, 5.41) is 0. The Morgan fingerprint density at radius 2 is 2.20 bits per heavy atom. The molecule has 0 aromatic heterocycles. The highest BCUT2D eigenvalue weighted by atomic mass is 16.2. The molecule has 1 aliphatic carbocycles. The maximum absolute atomic E-state index is 12.0. The van der Waals surface area contributed by atoms with Gasteiger partial charge in [0.1, 0.15) is 0 Å². The van der Waals surface area contributed by atoms with E-state index in [0.717, 1.165) is 24.8 Å². The molecule has 3 heteroatoms. The van der Waals surface area contributed by atoms with Gasteiger partial charge < -0.3 is 4.90 Å². The lowest BCUT2D eigenvalue weighted by atomic mass is 9.90. The van der Waals surface area contributed by atoms with Crippen LogP contribution in [-0.4, -0.2) is 29.7 Å². The Bertz CT molecular complexity index is 366. The second-order valence-corrected chi connectivity index (χ2v) is 3.98. The van der Waals surface area contributed by atoms with Gasteiger partial charge >= 0.3 is 0 Å². The molecule has 80 valence electrons. The number of ketones is 1. The molecule has 0 unspecified atom stereocenters. The third-order valence-corrected chi connectivity index (χ3v) is 2.85. The number of Topliss-reactive ketones (excluding diaryl/α,β-unsaturated/α-hetero) is 1. The van der Waals surface area contributed by atoms with E-state index in [0.29, 0.717) is 12.1 Å². The molecule has 0 saturated heterocycles. The van der Waals surface area contributed by atoms with Crippen molar-refractivity contribution < 1.29 is 9.59 Å². The highest BCUT2D eigenvalue weighted by molar-refractivity contribution is 6.13. The third kappa shape index (κ3) is 1.74. The van der Waals surface area contributed by atoms with Gasteiger partial charge in [-0.25, -0.2) is 0 Å². The van der Waals surface area contributed by atoms with E-state index in [1.807, 2.05) is 13.0 Å². The maximum Gasteiger partial charge on any atom is 0.254 e. The summed E-state index contributed by atoms with van der Waals surface area (Å²) in [5.41, 5.74) is 1.38. The molecule has 0 fully saturated rings. The van der Waals surface area contributed by atoms with Crippen LogP contribution in [0.2, 0.25) is 0 Å². The van der Waals surface area contributed by atoms with Crippen molar-refractivity contribution in [2.45, 2.75) is 26.2 Å². The smallest absolute Gasteiger partial charge is 0.254 e. The Hall–Kier alpha value is -1.38. The largest absolute Gasteiger partial charge is 0.331 e. The molecule has 1 heterocycles. The molecule has 0 radical (unpaired) electrons. The number of carbonyl (C=O) groups excluding carboxylic acids is 2. The van der Waals surface area contributed by atoms with Gasteiger partial charge in [-0.15, -0.1) is 0 Å². The molecule has 1 amide bonds. The lowest BCUT2D eigenvalue weighted by molar-refractivity contribution is -0.133. The second kappa shape index (κ2) is 4.01. The van der Waals surface area contributed by atoms with Crippen LogP contribution >= 0.6 is 0 Å². The maximum atomic E-state index is 12.0. The van der Waals surface area contributed by atoms with Crippen molar-refractivity contribution in [2.75, 3.05) is 13.1 Å². The van der Waals surface area contributed by atoms with Crippen molar-refractivity contribution >= 4 is 11.7 Å². The summed E-state index contributed by atoms with van der Waals surface area (Å²) >= 11 is 0. The van der Waals surface area contributed by atoms with Crippen LogP contribution < -0.4 is 0 Å². The highest BCUT2D eigenvalue weighted by Crippen LogP contribution is 2.25. The number of nitrogens with zero attached hydrogens (tertiary/aromatic N) is 1. The van der Waals surface area contributed by atoms with Gasteiger partial charge in [0.15, 0.2) is 5.78 Å². The summed E-state index contributed by atoms with van der Waals surface area (Å²) in [6.07, 6.45) is 6.29. The number of hydrogen-bond acceptors (Lipinski definition) is 2. The van der Waals surface area contributed by atoms with Crippen LogP contribution in [0.1, 0.15) is 26.2 Å². The third-order valence-electron chi connectivity index (χ3n) is 2.85. The topological polar surface area (TPSA) is 37.4 Å². The van der Waals surface area contributed by atoms with Crippen LogP contribution in [0.15, 0.2) is 23.3 Å². The van der Waals surface area contributed by atoms with Gasteiger partial charge in [0.25, 0.3) is 5.91 Å². The van der Waals surface area contributed by atoms with E-state index in [1.165, 1.54) is 0 Å². The molecule has 2 rings (SSSR count). The van der Waals surface area contributed by atoms with Crippen molar-refractivity contribution in [1.82, 2.24) is 4.90 Å². The van der Waals surface area contributed by atoms with Gasteiger partial charge in [0.2, 0.25) is 0 Å². The van der Waals surface area contributed by atoms with Crippen LogP contribution in [0.25, 0.3) is 0 Å². The monoisotopic (exact) mass is 205 g/mol. The van der Waals surface area contributed by atoms with Crippen LogP contribution in [0, 0.1) is 0 Å². The predicted molar refractivity (Wildman–Crippen MR) is 57.3 cm³/mol. The van der Waals surface area contributed by atoms with Gasteiger partial charge in [-0.2, -0.15) is 0 Å². The van der Waals surface area contributed by atoms with E-state index in [9.17, 15) is 9.59 Å². The fourth-order valence-corrected chi connectivity index (χ4v) is 2.12. The van der Waals surface area contributed by atoms with E-state index < -0.39 is 0 Å². The van der Waals surface area contributed by atoms with Gasteiger partial charge in [0, 0.05) is 17.7 Å². The van der Waals surface area contributed by atoms with Crippen molar-refractivity contribution in [3.05, 3.63) is 23.3 Å². The number of allylic oxidation sites excluding steroid dienone is 1. The van der Waals surface area contributed by atoms with Crippen molar-refractivity contribution in [1.29, 1.82) is 0 Å². The SMILES string of the molecule is CCCN1CC(=O)C2=C(C=CCC2)C1=O. The molecule has 0 N–H and O–H groups in total. The summed E-state index contributed by atoms with van der Waals surface area (Å²) in [6.45, 7) is 2.97. The van der Waals surface area contributed by atoms with Gasteiger partial charge in [-0.05, 0) is 19.3 Å². The van der Waals surface area contributed by atoms with Gasteiger partial charge in [-0.1, -0.05) is 19.1 Å². The standard InChI is InChI=1S/C12H15NO2/c1-2-7-13-8-11(14)9-5-3-4-6-10(9)12(13)15/h4,6H,2-3,5,7-8H2,1H3. The van der Waals surface area contributed by atoms with Crippen LogP contribution in [-0.2, 0) is 9.59 Å². The van der Waals surface area contributed by atoms with E-state index in [-0.39, 0.29) is 18.2 Å². The zero-order chi connectivity index (χ0) is 10.8. The molecule has 0 atom stereocenters. The fraction of sp³-hybridized carbons (Fsp3) is 0.500. The van der Waals surface area contributed by atoms with Crippen molar-refractivity contribution in [3.8, 4) is 0 Å². The molecule has 15 heavy (non-hydrogen) atoms. The number of carbonyl (C=O) groups is 2. The minimum atomic E-state index is 0.0300. The Balaban J connectivity index is 2.31. The molecular weight excluding hydrogens is 190 g/mol. The molecule has 3 nitrogen and oxygen atoms in total. The second-order valence-electron chi connectivity index (χ2n) is 3.98. The van der Waals surface area contributed by atoms with Crippen LogP contribution in [0.5, 0.6) is 0 Å². The predicted octanol–water partition coefficient (Wildman–Crippen LogP) is 1.45. The summed E-state index contributed by atoms with van der Waals surface area (Å²) in [4.78, 5) is 25.4. The quantitative estimate of drug-likeness (QED) is 0.684. The molecule has 1 aliphatic heterocycles.